The first-order valence-corrected chi connectivity index (χ1v) is 7.37. The van der Waals surface area contributed by atoms with Gasteiger partial charge in [0.1, 0.15) is 11.6 Å². The van der Waals surface area contributed by atoms with Crippen LogP contribution in [-0.2, 0) is 11.2 Å². The van der Waals surface area contributed by atoms with Crippen molar-refractivity contribution in [2.45, 2.75) is 20.3 Å². The summed E-state index contributed by atoms with van der Waals surface area (Å²) in [5, 5.41) is 2.79. The number of hydrogen-bond acceptors (Lipinski definition) is 3. The van der Waals surface area contributed by atoms with Crippen LogP contribution >= 0.6 is 0 Å². The van der Waals surface area contributed by atoms with Crippen LogP contribution in [0.5, 0.6) is 0 Å². The summed E-state index contributed by atoms with van der Waals surface area (Å²) >= 11 is 0. The van der Waals surface area contributed by atoms with Gasteiger partial charge < -0.3 is 10.2 Å². The van der Waals surface area contributed by atoms with Gasteiger partial charge in [-0.25, -0.2) is 9.37 Å². The lowest BCUT2D eigenvalue weighted by Crippen LogP contribution is -2.23. The summed E-state index contributed by atoms with van der Waals surface area (Å²) in [6.45, 7) is 5.92. The molecule has 0 saturated heterocycles. The smallest absolute Gasteiger partial charge is 0.228 e. The maximum atomic E-state index is 12.8. The lowest BCUT2D eigenvalue weighted by Gasteiger charge is -2.19. The highest BCUT2D eigenvalue weighted by molar-refractivity contribution is 5.92. The highest BCUT2D eigenvalue weighted by Gasteiger charge is 2.06. The van der Waals surface area contributed by atoms with Crippen LogP contribution in [-0.4, -0.2) is 24.0 Å². The molecule has 0 atom stereocenters. The van der Waals surface area contributed by atoms with Crippen LogP contribution in [0, 0.1) is 5.82 Å². The molecule has 1 aromatic heterocycles. The first kappa shape index (κ1) is 15.9. The average molecular weight is 301 g/mol. The van der Waals surface area contributed by atoms with Gasteiger partial charge in [0.25, 0.3) is 0 Å². The van der Waals surface area contributed by atoms with Crippen LogP contribution < -0.4 is 10.2 Å². The van der Waals surface area contributed by atoms with Crippen molar-refractivity contribution in [2.24, 2.45) is 0 Å². The Labute approximate surface area is 130 Å². The van der Waals surface area contributed by atoms with Gasteiger partial charge in [-0.15, -0.1) is 0 Å². The van der Waals surface area contributed by atoms with Crippen LogP contribution in [0.15, 0.2) is 42.6 Å². The maximum absolute atomic E-state index is 12.8. The number of rotatable bonds is 6. The molecule has 5 heteroatoms. The fourth-order valence-corrected chi connectivity index (χ4v) is 2.19. The predicted octanol–water partition coefficient (Wildman–Crippen LogP) is 3.25. The highest BCUT2D eigenvalue weighted by Crippen LogP contribution is 2.14. The van der Waals surface area contributed by atoms with Gasteiger partial charge in [-0.05, 0) is 43.7 Å². The molecule has 4 nitrogen and oxygen atoms in total. The molecule has 0 bridgehead atoms. The van der Waals surface area contributed by atoms with E-state index in [2.05, 4.69) is 29.0 Å². The molecular formula is C17H20FN3O. The Bertz CT molecular complexity index is 607. The number of nitrogens with zero attached hydrogens (tertiary/aromatic N) is 2. The third-order valence-corrected chi connectivity index (χ3v) is 3.40. The zero-order chi connectivity index (χ0) is 15.9. The van der Waals surface area contributed by atoms with Crippen molar-refractivity contribution in [1.29, 1.82) is 0 Å². The highest BCUT2D eigenvalue weighted by atomic mass is 19.1. The second-order valence-electron chi connectivity index (χ2n) is 4.93. The quantitative estimate of drug-likeness (QED) is 0.891. The summed E-state index contributed by atoms with van der Waals surface area (Å²) in [5.41, 5.74) is 1.43. The topological polar surface area (TPSA) is 45.2 Å². The van der Waals surface area contributed by atoms with Crippen LogP contribution in [0.3, 0.4) is 0 Å². The number of amides is 1. The summed E-state index contributed by atoms with van der Waals surface area (Å²) in [6.07, 6.45) is 1.86. The normalized spacial score (nSPS) is 10.3. The number of benzene rings is 1. The molecule has 0 radical (unpaired) electrons. The molecule has 1 aromatic carbocycles. The second-order valence-corrected chi connectivity index (χ2v) is 4.93. The van der Waals surface area contributed by atoms with Gasteiger partial charge in [0.2, 0.25) is 5.91 Å². The van der Waals surface area contributed by atoms with Crippen molar-refractivity contribution in [3.63, 3.8) is 0 Å². The lowest BCUT2D eigenvalue weighted by atomic mass is 10.1. The van der Waals surface area contributed by atoms with Crippen LogP contribution in [0.1, 0.15) is 19.4 Å². The predicted molar refractivity (Wildman–Crippen MR) is 86.5 cm³/mol. The summed E-state index contributed by atoms with van der Waals surface area (Å²) in [6, 6.07) is 9.64. The minimum Gasteiger partial charge on any atom is -0.357 e. The molecule has 0 fully saturated rings. The van der Waals surface area contributed by atoms with Crippen molar-refractivity contribution >= 4 is 17.4 Å². The summed E-state index contributed by atoms with van der Waals surface area (Å²) in [7, 11) is 0. The Kier molecular flexibility index (Phi) is 5.47. The van der Waals surface area contributed by atoms with Gasteiger partial charge in [0, 0.05) is 13.1 Å². The van der Waals surface area contributed by atoms with Crippen molar-refractivity contribution < 1.29 is 9.18 Å². The van der Waals surface area contributed by atoms with E-state index in [4.69, 9.17) is 0 Å². The molecule has 1 N–H and O–H groups in total. The SMILES string of the molecule is CCN(CC)c1ccc(NC(=O)Cc2ccc(F)cc2)cn1. The van der Waals surface area contributed by atoms with E-state index >= 15 is 0 Å². The first-order chi connectivity index (χ1) is 10.6. The first-order valence-electron chi connectivity index (χ1n) is 7.37. The van der Waals surface area contributed by atoms with Gasteiger partial charge in [-0.3, -0.25) is 4.79 Å². The molecule has 0 unspecified atom stereocenters. The van der Waals surface area contributed by atoms with E-state index in [1.807, 2.05) is 12.1 Å². The van der Waals surface area contributed by atoms with Gasteiger partial charge in [-0.1, -0.05) is 12.1 Å². The van der Waals surface area contributed by atoms with Gasteiger partial charge in [-0.2, -0.15) is 0 Å². The summed E-state index contributed by atoms with van der Waals surface area (Å²) < 4.78 is 12.8. The van der Waals surface area contributed by atoms with Crippen molar-refractivity contribution in [2.75, 3.05) is 23.3 Å². The number of carbonyl (C=O) groups excluding carboxylic acids is 1. The van der Waals surface area contributed by atoms with Gasteiger partial charge in [0.15, 0.2) is 0 Å². The van der Waals surface area contributed by atoms with Crippen LogP contribution in [0.25, 0.3) is 0 Å². The van der Waals surface area contributed by atoms with Crippen molar-refractivity contribution in [3.8, 4) is 0 Å². The minimum absolute atomic E-state index is 0.149. The zero-order valence-electron chi connectivity index (χ0n) is 12.8. The molecule has 0 saturated carbocycles. The maximum Gasteiger partial charge on any atom is 0.228 e. The number of pyridine rings is 1. The monoisotopic (exact) mass is 301 g/mol. The van der Waals surface area contributed by atoms with Crippen molar-refractivity contribution in [1.82, 2.24) is 4.98 Å². The fraction of sp³-hybridized carbons (Fsp3) is 0.294. The molecule has 1 heterocycles. The Balaban J connectivity index is 1.95. The van der Waals surface area contributed by atoms with E-state index in [1.54, 1.807) is 18.3 Å². The minimum atomic E-state index is -0.305. The molecule has 0 aliphatic rings. The number of hydrogen-bond donors (Lipinski definition) is 1. The summed E-state index contributed by atoms with van der Waals surface area (Å²) in [5.74, 6) is 0.436. The molecular weight excluding hydrogens is 281 g/mol. The molecule has 1 amide bonds. The molecule has 116 valence electrons. The molecule has 2 aromatic rings. The lowest BCUT2D eigenvalue weighted by molar-refractivity contribution is -0.115. The molecule has 22 heavy (non-hydrogen) atoms. The van der Waals surface area contributed by atoms with Gasteiger partial charge in [0.05, 0.1) is 18.3 Å². The van der Waals surface area contributed by atoms with E-state index in [0.29, 0.717) is 5.69 Å². The van der Waals surface area contributed by atoms with E-state index in [9.17, 15) is 9.18 Å². The van der Waals surface area contributed by atoms with Crippen LogP contribution in [0.4, 0.5) is 15.9 Å². The van der Waals surface area contributed by atoms with Gasteiger partial charge >= 0.3 is 0 Å². The molecule has 0 spiro atoms. The molecule has 0 aliphatic heterocycles. The Morgan fingerprint density at radius 2 is 1.82 bits per heavy atom. The van der Waals surface area contributed by atoms with E-state index < -0.39 is 0 Å². The fourth-order valence-electron chi connectivity index (χ4n) is 2.19. The standard InChI is InChI=1S/C17H20FN3O/c1-3-21(4-2)16-10-9-15(12-19-16)20-17(22)11-13-5-7-14(18)8-6-13/h5-10,12H,3-4,11H2,1-2H3,(H,20,22). The number of anilines is 2. The number of carbonyl (C=O) groups is 1. The van der Waals surface area contributed by atoms with E-state index in [0.717, 1.165) is 24.5 Å². The largest absolute Gasteiger partial charge is 0.357 e. The molecule has 0 aliphatic carbocycles. The third kappa shape index (κ3) is 4.28. The average Bonchev–Trinajstić information content (AvgIpc) is 2.52. The number of halogens is 1. The van der Waals surface area contributed by atoms with E-state index in [1.165, 1.54) is 12.1 Å². The van der Waals surface area contributed by atoms with Crippen LogP contribution in [0.2, 0.25) is 0 Å². The number of nitrogens with one attached hydrogen (secondary N) is 1. The molecule has 2 rings (SSSR count). The third-order valence-electron chi connectivity index (χ3n) is 3.40. The zero-order valence-corrected chi connectivity index (χ0v) is 12.8. The van der Waals surface area contributed by atoms with E-state index in [-0.39, 0.29) is 18.1 Å². The Morgan fingerprint density at radius 3 is 2.36 bits per heavy atom. The Morgan fingerprint density at radius 1 is 1.14 bits per heavy atom. The second kappa shape index (κ2) is 7.54. The van der Waals surface area contributed by atoms with Crippen molar-refractivity contribution in [3.05, 3.63) is 54.0 Å². The number of aromatic nitrogens is 1. The summed E-state index contributed by atoms with van der Waals surface area (Å²) in [4.78, 5) is 18.4. The Hall–Kier alpha value is -2.43.